The second-order valence-electron chi connectivity index (χ2n) is 4.72. The molecule has 2 rings (SSSR count). The molecule has 9 heteroatoms. The summed E-state index contributed by atoms with van der Waals surface area (Å²) in [5, 5.41) is -0.122. The van der Waals surface area contributed by atoms with E-state index in [9.17, 15) is 22.8 Å². The Kier molecular flexibility index (Phi) is 5.87. The van der Waals surface area contributed by atoms with Gasteiger partial charge in [-0.05, 0) is 19.1 Å². The van der Waals surface area contributed by atoms with Crippen LogP contribution in [0.3, 0.4) is 0 Å². The number of hydrogen-bond donors (Lipinski definition) is 0. The molecule has 0 amide bonds. The Balaban J connectivity index is 2.25. The number of carbonyl (C=O) groups excluding carboxylic acids is 1. The van der Waals surface area contributed by atoms with Crippen LogP contribution in [0.2, 0.25) is 0 Å². The van der Waals surface area contributed by atoms with Crippen molar-refractivity contribution in [2.24, 2.45) is 0 Å². The van der Waals surface area contributed by atoms with Gasteiger partial charge in [-0.25, -0.2) is 4.98 Å². The summed E-state index contributed by atoms with van der Waals surface area (Å²) in [7, 11) is 0. The zero-order chi connectivity index (χ0) is 17.9. The highest BCUT2D eigenvalue weighted by atomic mass is 79.9. The van der Waals surface area contributed by atoms with E-state index in [1.54, 1.807) is 31.2 Å². The zero-order valence-electron chi connectivity index (χ0n) is 12.4. The van der Waals surface area contributed by atoms with Gasteiger partial charge < -0.3 is 0 Å². The summed E-state index contributed by atoms with van der Waals surface area (Å²) < 4.78 is 40.3. The molecule has 1 aromatic carbocycles. The molecule has 0 saturated carbocycles. The summed E-state index contributed by atoms with van der Waals surface area (Å²) >= 11 is 4.07. The van der Waals surface area contributed by atoms with E-state index in [1.165, 1.54) is 0 Å². The molecule has 0 aliphatic heterocycles. The fourth-order valence-electron chi connectivity index (χ4n) is 1.88. The standard InChI is InChI=1S/C15H12BrF3N2O2S/c1-2-21-13(23)7-12(15(17,18)19)20-14(21)24-8-11(22)9-3-5-10(16)6-4-9/h3-7H,2,8H2,1H3. The minimum atomic E-state index is -4.71. The Morgan fingerprint density at radius 2 is 1.92 bits per heavy atom. The molecule has 0 aliphatic carbocycles. The van der Waals surface area contributed by atoms with Crippen molar-refractivity contribution in [2.45, 2.75) is 24.8 Å². The SMILES string of the molecule is CCn1c(SCC(=O)c2ccc(Br)cc2)nc(C(F)(F)F)cc1=O. The van der Waals surface area contributed by atoms with Gasteiger partial charge in [0.15, 0.2) is 16.6 Å². The van der Waals surface area contributed by atoms with Gasteiger partial charge in [0.05, 0.1) is 5.75 Å². The molecule has 0 aliphatic rings. The summed E-state index contributed by atoms with van der Waals surface area (Å²) in [6.45, 7) is 1.79. The molecule has 128 valence electrons. The molecular weight excluding hydrogens is 409 g/mol. The first-order valence-electron chi connectivity index (χ1n) is 6.83. The van der Waals surface area contributed by atoms with Gasteiger partial charge in [0, 0.05) is 22.6 Å². The molecule has 0 spiro atoms. The van der Waals surface area contributed by atoms with Crippen LogP contribution in [0.5, 0.6) is 0 Å². The van der Waals surface area contributed by atoms with Crippen molar-refractivity contribution in [3.05, 3.63) is 56.4 Å². The molecular formula is C15H12BrF3N2O2S. The largest absolute Gasteiger partial charge is 0.433 e. The number of alkyl halides is 3. The smallest absolute Gasteiger partial charge is 0.293 e. The van der Waals surface area contributed by atoms with Gasteiger partial charge in [-0.3, -0.25) is 14.2 Å². The quantitative estimate of drug-likeness (QED) is 0.416. The van der Waals surface area contributed by atoms with Crippen LogP contribution in [-0.4, -0.2) is 21.1 Å². The van der Waals surface area contributed by atoms with Gasteiger partial charge in [-0.1, -0.05) is 39.8 Å². The molecule has 0 fully saturated rings. The van der Waals surface area contributed by atoms with Crippen molar-refractivity contribution in [1.82, 2.24) is 9.55 Å². The first-order valence-corrected chi connectivity index (χ1v) is 8.61. The number of rotatable bonds is 5. The fourth-order valence-corrected chi connectivity index (χ4v) is 3.11. The highest BCUT2D eigenvalue weighted by Gasteiger charge is 2.34. The van der Waals surface area contributed by atoms with Crippen LogP contribution in [0, 0.1) is 0 Å². The van der Waals surface area contributed by atoms with Crippen LogP contribution < -0.4 is 5.56 Å². The molecule has 0 atom stereocenters. The second-order valence-corrected chi connectivity index (χ2v) is 6.58. The third kappa shape index (κ3) is 4.47. The fraction of sp³-hybridized carbons (Fsp3) is 0.267. The average molecular weight is 421 g/mol. The van der Waals surface area contributed by atoms with Gasteiger partial charge in [0.1, 0.15) is 0 Å². The van der Waals surface area contributed by atoms with Gasteiger partial charge in [0.2, 0.25) is 0 Å². The van der Waals surface area contributed by atoms with Crippen LogP contribution in [0.25, 0.3) is 0 Å². The number of ketones is 1. The zero-order valence-corrected chi connectivity index (χ0v) is 14.8. The molecule has 1 heterocycles. The van der Waals surface area contributed by atoms with Crippen molar-refractivity contribution in [3.8, 4) is 0 Å². The second kappa shape index (κ2) is 7.52. The van der Waals surface area contributed by atoms with Crippen LogP contribution >= 0.6 is 27.7 Å². The lowest BCUT2D eigenvalue weighted by Crippen LogP contribution is -2.25. The predicted octanol–water partition coefficient (Wildman–Crippen LogP) is 4.02. The Labute approximate surface area is 148 Å². The summed E-state index contributed by atoms with van der Waals surface area (Å²) in [4.78, 5) is 27.4. The monoisotopic (exact) mass is 420 g/mol. The van der Waals surface area contributed by atoms with E-state index in [0.717, 1.165) is 20.8 Å². The number of thioether (sulfide) groups is 1. The van der Waals surface area contributed by atoms with E-state index < -0.39 is 17.4 Å². The van der Waals surface area contributed by atoms with Crippen molar-refractivity contribution in [3.63, 3.8) is 0 Å². The molecule has 2 aromatic rings. The minimum absolute atomic E-state index is 0.116. The lowest BCUT2D eigenvalue weighted by atomic mass is 10.2. The van der Waals surface area contributed by atoms with Crippen molar-refractivity contribution in [1.29, 1.82) is 0 Å². The van der Waals surface area contributed by atoms with Crippen LogP contribution in [0.15, 0.2) is 44.8 Å². The summed E-state index contributed by atoms with van der Waals surface area (Å²) in [5.74, 6) is -0.378. The van der Waals surface area contributed by atoms with Gasteiger partial charge in [-0.2, -0.15) is 13.2 Å². The summed E-state index contributed by atoms with van der Waals surface area (Å²) in [6, 6.07) is 7.08. The summed E-state index contributed by atoms with van der Waals surface area (Å²) in [6.07, 6.45) is -4.71. The van der Waals surface area contributed by atoms with E-state index in [1.807, 2.05) is 0 Å². The van der Waals surface area contributed by atoms with E-state index in [2.05, 4.69) is 20.9 Å². The number of hydrogen-bond acceptors (Lipinski definition) is 4. The van der Waals surface area contributed by atoms with E-state index in [0.29, 0.717) is 11.6 Å². The molecule has 0 unspecified atom stereocenters. The molecule has 1 aromatic heterocycles. The lowest BCUT2D eigenvalue weighted by Gasteiger charge is -2.12. The molecule has 24 heavy (non-hydrogen) atoms. The van der Waals surface area contributed by atoms with E-state index in [-0.39, 0.29) is 23.2 Å². The van der Waals surface area contributed by atoms with Crippen molar-refractivity contribution in [2.75, 3.05) is 5.75 Å². The van der Waals surface area contributed by atoms with Crippen LogP contribution in [0.1, 0.15) is 23.0 Å². The third-order valence-corrected chi connectivity index (χ3v) is 4.58. The van der Waals surface area contributed by atoms with E-state index in [4.69, 9.17) is 0 Å². The number of nitrogens with zero attached hydrogens (tertiary/aromatic N) is 2. The Morgan fingerprint density at radius 3 is 2.46 bits per heavy atom. The first-order chi connectivity index (χ1) is 11.2. The number of carbonyl (C=O) groups is 1. The Morgan fingerprint density at radius 1 is 1.29 bits per heavy atom. The molecule has 4 nitrogen and oxygen atoms in total. The van der Waals surface area contributed by atoms with Crippen LogP contribution in [-0.2, 0) is 12.7 Å². The first kappa shape index (κ1) is 18.7. The molecule has 0 radical (unpaired) electrons. The molecule has 0 N–H and O–H groups in total. The van der Waals surface area contributed by atoms with Crippen LogP contribution in [0.4, 0.5) is 13.2 Å². The van der Waals surface area contributed by atoms with Gasteiger partial charge in [-0.15, -0.1) is 0 Å². The van der Waals surface area contributed by atoms with Gasteiger partial charge >= 0.3 is 6.18 Å². The minimum Gasteiger partial charge on any atom is -0.293 e. The van der Waals surface area contributed by atoms with Crippen molar-refractivity contribution < 1.29 is 18.0 Å². The maximum Gasteiger partial charge on any atom is 0.433 e. The number of aromatic nitrogens is 2. The number of halogens is 4. The predicted molar refractivity (Wildman–Crippen MR) is 88.4 cm³/mol. The topological polar surface area (TPSA) is 52.0 Å². The highest BCUT2D eigenvalue weighted by Crippen LogP contribution is 2.28. The highest BCUT2D eigenvalue weighted by molar-refractivity contribution is 9.10. The maximum absolute atomic E-state index is 12.8. The maximum atomic E-state index is 12.8. The van der Waals surface area contributed by atoms with Gasteiger partial charge in [0.25, 0.3) is 5.56 Å². The van der Waals surface area contributed by atoms with Crippen molar-refractivity contribution >= 4 is 33.5 Å². The molecule has 0 saturated heterocycles. The number of Topliss-reactive ketones (excluding diaryl/α,β-unsaturated/α-hetero) is 1. The Hall–Kier alpha value is -1.61. The number of benzene rings is 1. The third-order valence-electron chi connectivity index (χ3n) is 3.08. The average Bonchev–Trinajstić information content (AvgIpc) is 2.52. The molecule has 0 bridgehead atoms. The lowest BCUT2D eigenvalue weighted by molar-refractivity contribution is -0.141. The normalized spacial score (nSPS) is 11.5. The summed E-state index contributed by atoms with van der Waals surface area (Å²) in [5.41, 5.74) is -1.61. The Bertz CT molecular complexity index is 804. The van der Waals surface area contributed by atoms with E-state index >= 15 is 0 Å².